The van der Waals surface area contributed by atoms with Crippen LogP contribution < -0.4 is 15.2 Å². The van der Waals surface area contributed by atoms with E-state index in [1.807, 2.05) is 27.7 Å². The summed E-state index contributed by atoms with van der Waals surface area (Å²) < 4.78 is 33.6. The third-order valence-corrected chi connectivity index (χ3v) is 3.67. The molecule has 0 aromatic carbocycles. The number of hydrogen-bond acceptors (Lipinski definition) is 9. The molecule has 0 spiro atoms. The molecule has 0 saturated carbocycles. The van der Waals surface area contributed by atoms with Gasteiger partial charge in [-0.2, -0.15) is 9.97 Å². The van der Waals surface area contributed by atoms with E-state index in [9.17, 15) is 0 Å². The van der Waals surface area contributed by atoms with Crippen LogP contribution in [0.5, 0.6) is 11.8 Å². The highest BCUT2D eigenvalue weighted by molar-refractivity contribution is 5.29. The maximum atomic E-state index is 5.72. The molecular formula is C16H25N3O6. The van der Waals surface area contributed by atoms with Crippen LogP contribution in [0.2, 0.25) is 0 Å². The molecule has 1 aromatic heterocycles. The molecule has 9 nitrogen and oxygen atoms in total. The predicted molar refractivity (Wildman–Crippen MR) is 87.2 cm³/mol. The smallest absolute Gasteiger partial charge is 0.226 e. The Balaban J connectivity index is 1.52. The summed E-state index contributed by atoms with van der Waals surface area (Å²) in [6.45, 7) is 8.96. The SMILES string of the molecule is CC1(C)OC[C@H](COc2cc(OC[C@H]3COC(C)(C)O3)nc(N)n2)O1. The second kappa shape index (κ2) is 6.91. The Labute approximate surface area is 146 Å². The van der Waals surface area contributed by atoms with Crippen molar-refractivity contribution in [3.8, 4) is 11.8 Å². The lowest BCUT2D eigenvalue weighted by molar-refractivity contribution is -0.141. The van der Waals surface area contributed by atoms with Crippen LogP contribution in [0, 0.1) is 0 Å². The average Bonchev–Trinajstić information content (AvgIpc) is 3.04. The van der Waals surface area contributed by atoms with Gasteiger partial charge in [0.15, 0.2) is 11.6 Å². The number of hydrogen-bond donors (Lipinski definition) is 1. The van der Waals surface area contributed by atoms with Crippen LogP contribution in [0.1, 0.15) is 27.7 Å². The van der Waals surface area contributed by atoms with Crippen molar-refractivity contribution >= 4 is 5.95 Å². The standard InChI is InChI=1S/C16H25N3O6/c1-15(2)22-8-10(24-15)6-20-12-5-13(19-14(17)18-12)21-7-11-9-23-16(3,4)25-11/h5,10-11H,6-9H2,1-4H3,(H2,17,18,19)/t10-,11-/m0/s1. The normalized spacial score (nSPS) is 27.4. The molecule has 2 N–H and O–H groups in total. The summed E-state index contributed by atoms with van der Waals surface area (Å²) in [6.07, 6.45) is -0.330. The van der Waals surface area contributed by atoms with Crippen molar-refractivity contribution in [1.29, 1.82) is 0 Å². The van der Waals surface area contributed by atoms with E-state index in [4.69, 9.17) is 34.2 Å². The summed E-state index contributed by atoms with van der Waals surface area (Å²) in [6, 6.07) is 1.58. The van der Waals surface area contributed by atoms with Crippen LogP contribution in [0.4, 0.5) is 5.95 Å². The first-order valence-electron chi connectivity index (χ1n) is 8.24. The lowest BCUT2D eigenvalue weighted by Gasteiger charge is -2.18. The van der Waals surface area contributed by atoms with Gasteiger partial charge in [0.1, 0.15) is 25.4 Å². The molecule has 140 valence electrons. The molecule has 2 saturated heterocycles. The van der Waals surface area contributed by atoms with E-state index in [0.717, 1.165) is 0 Å². The van der Waals surface area contributed by atoms with Crippen LogP contribution in [0.15, 0.2) is 6.07 Å². The van der Waals surface area contributed by atoms with E-state index in [0.29, 0.717) is 38.2 Å². The predicted octanol–water partition coefficient (Wildman–Crippen LogP) is 1.12. The summed E-state index contributed by atoms with van der Waals surface area (Å²) in [5.41, 5.74) is 5.72. The topological polar surface area (TPSA) is 107 Å². The molecule has 2 fully saturated rings. The first-order valence-corrected chi connectivity index (χ1v) is 8.24. The molecule has 0 radical (unpaired) electrons. The summed E-state index contributed by atoms with van der Waals surface area (Å²) in [7, 11) is 0. The van der Waals surface area contributed by atoms with Gasteiger partial charge in [0.05, 0.1) is 19.3 Å². The van der Waals surface area contributed by atoms with Crippen molar-refractivity contribution in [3.05, 3.63) is 6.07 Å². The van der Waals surface area contributed by atoms with E-state index < -0.39 is 11.6 Å². The number of nitrogen functional groups attached to an aromatic ring is 1. The fourth-order valence-corrected chi connectivity index (χ4v) is 2.62. The van der Waals surface area contributed by atoms with Gasteiger partial charge >= 0.3 is 0 Å². The second-order valence-corrected chi connectivity index (χ2v) is 6.93. The minimum atomic E-state index is -0.593. The highest BCUT2D eigenvalue weighted by atomic mass is 16.8. The molecule has 0 unspecified atom stereocenters. The Kier molecular flexibility index (Phi) is 5.01. The maximum absolute atomic E-state index is 5.72. The highest BCUT2D eigenvalue weighted by Crippen LogP contribution is 2.25. The van der Waals surface area contributed by atoms with Gasteiger partial charge in [0.2, 0.25) is 17.7 Å². The lowest BCUT2D eigenvalue weighted by Crippen LogP contribution is -2.25. The van der Waals surface area contributed by atoms with Crippen LogP contribution >= 0.6 is 0 Å². The average molecular weight is 355 g/mol. The van der Waals surface area contributed by atoms with E-state index in [2.05, 4.69) is 9.97 Å². The number of ether oxygens (including phenoxy) is 6. The van der Waals surface area contributed by atoms with Gasteiger partial charge in [-0.05, 0) is 27.7 Å². The molecular weight excluding hydrogens is 330 g/mol. The van der Waals surface area contributed by atoms with E-state index in [1.165, 1.54) is 0 Å². The van der Waals surface area contributed by atoms with Crippen molar-refractivity contribution < 1.29 is 28.4 Å². The van der Waals surface area contributed by atoms with Crippen LogP contribution in [0.25, 0.3) is 0 Å². The highest BCUT2D eigenvalue weighted by Gasteiger charge is 2.34. The second-order valence-electron chi connectivity index (χ2n) is 6.93. The largest absolute Gasteiger partial charge is 0.475 e. The zero-order valence-corrected chi connectivity index (χ0v) is 15.0. The Morgan fingerprint density at radius 1 is 0.960 bits per heavy atom. The van der Waals surface area contributed by atoms with Gasteiger partial charge in [-0.15, -0.1) is 0 Å². The summed E-state index contributed by atoms with van der Waals surface area (Å²) >= 11 is 0. The summed E-state index contributed by atoms with van der Waals surface area (Å²) in [5.74, 6) is -0.478. The minimum absolute atomic E-state index is 0.0698. The van der Waals surface area contributed by atoms with Gasteiger partial charge < -0.3 is 34.2 Å². The first kappa shape index (κ1) is 18.1. The molecule has 0 aliphatic carbocycles. The zero-order chi connectivity index (χ0) is 18.1. The molecule has 3 heterocycles. The Bertz CT molecular complexity index is 561. The van der Waals surface area contributed by atoms with Gasteiger partial charge in [-0.1, -0.05) is 0 Å². The molecule has 2 aliphatic rings. The fourth-order valence-electron chi connectivity index (χ4n) is 2.62. The first-order chi connectivity index (χ1) is 11.7. The molecule has 2 aliphatic heterocycles. The van der Waals surface area contributed by atoms with Gasteiger partial charge in [-0.3, -0.25) is 0 Å². The third-order valence-electron chi connectivity index (χ3n) is 3.67. The molecule has 3 rings (SSSR count). The maximum Gasteiger partial charge on any atom is 0.226 e. The van der Waals surface area contributed by atoms with Crippen LogP contribution in [-0.2, 0) is 18.9 Å². The quantitative estimate of drug-likeness (QED) is 0.803. The van der Waals surface area contributed by atoms with Crippen molar-refractivity contribution in [2.45, 2.75) is 51.5 Å². The monoisotopic (exact) mass is 355 g/mol. The van der Waals surface area contributed by atoms with Crippen LogP contribution in [0.3, 0.4) is 0 Å². The molecule has 1 aromatic rings. The summed E-state index contributed by atoms with van der Waals surface area (Å²) in [5, 5.41) is 0. The molecule has 2 atom stereocenters. The zero-order valence-electron chi connectivity index (χ0n) is 15.0. The molecule has 0 bridgehead atoms. The van der Waals surface area contributed by atoms with E-state index in [1.54, 1.807) is 6.07 Å². The van der Waals surface area contributed by atoms with Crippen molar-refractivity contribution in [2.24, 2.45) is 0 Å². The number of nitrogens with zero attached hydrogens (tertiary/aromatic N) is 2. The fraction of sp³-hybridized carbons (Fsp3) is 0.750. The van der Waals surface area contributed by atoms with Crippen molar-refractivity contribution in [1.82, 2.24) is 9.97 Å². The lowest BCUT2D eigenvalue weighted by atomic mass is 10.4. The van der Waals surface area contributed by atoms with Crippen molar-refractivity contribution in [3.63, 3.8) is 0 Å². The van der Waals surface area contributed by atoms with Gasteiger partial charge in [-0.25, -0.2) is 0 Å². The number of nitrogens with two attached hydrogens (primary N) is 1. The van der Waals surface area contributed by atoms with E-state index in [-0.39, 0.29) is 18.2 Å². The van der Waals surface area contributed by atoms with Crippen molar-refractivity contribution in [2.75, 3.05) is 32.2 Å². The Hall–Kier alpha value is -1.68. The third kappa shape index (κ3) is 5.15. The van der Waals surface area contributed by atoms with Gasteiger partial charge in [0.25, 0.3) is 0 Å². The molecule has 25 heavy (non-hydrogen) atoms. The molecule has 9 heteroatoms. The number of anilines is 1. The minimum Gasteiger partial charge on any atom is -0.475 e. The Morgan fingerprint density at radius 2 is 1.40 bits per heavy atom. The van der Waals surface area contributed by atoms with Crippen LogP contribution in [-0.4, -0.2) is 60.2 Å². The number of aromatic nitrogens is 2. The van der Waals surface area contributed by atoms with E-state index >= 15 is 0 Å². The molecule has 0 amide bonds. The Morgan fingerprint density at radius 3 is 1.76 bits per heavy atom. The summed E-state index contributed by atoms with van der Waals surface area (Å²) in [4.78, 5) is 8.09. The van der Waals surface area contributed by atoms with Gasteiger partial charge in [0, 0.05) is 0 Å². The number of rotatable bonds is 6.